The van der Waals surface area contributed by atoms with Gasteiger partial charge in [-0.3, -0.25) is 0 Å². The number of halogens is 3. The van der Waals surface area contributed by atoms with Crippen LogP contribution in [-0.4, -0.2) is 9.97 Å². The lowest BCUT2D eigenvalue weighted by molar-refractivity contribution is 0.573. The highest BCUT2D eigenvalue weighted by atomic mass is 35.5. The van der Waals surface area contributed by atoms with Crippen molar-refractivity contribution >= 4 is 11.6 Å². The molecule has 0 aliphatic heterocycles. The van der Waals surface area contributed by atoms with Gasteiger partial charge in [-0.2, -0.15) is 0 Å². The molecule has 0 saturated carbocycles. The molecular weight excluding hydrogens is 246 g/mol. The monoisotopic (exact) mass is 254 g/mol. The molecule has 0 amide bonds. The zero-order valence-electron chi connectivity index (χ0n) is 8.83. The minimum Gasteiger partial charge on any atom is -0.241 e. The van der Waals surface area contributed by atoms with Crippen molar-refractivity contribution in [1.29, 1.82) is 0 Å². The molecular formula is C12H9ClF2N2. The lowest BCUT2D eigenvalue weighted by Gasteiger charge is -2.03. The molecule has 2 nitrogen and oxygen atoms in total. The number of hydrogen-bond acceptors (Lipinski definition) is 2. The van der Waals surface area contributed by atoms with Gasteiger partial charge in [-0.05, 0) is 17.7 Å². The SMILES string of the molecule is Fc1ccc(Cc2nccc(CCl)n2)c(F)c1. The van der Waals surface area contributed by atoms with Crippen LogP contribution >= 0.6 is 11.6 Å². The van der Waals surface area contributed by atoms with Crippen LogP contribution in [0.3, 0.4) is 0 Å². The molecule has 0 bridgehead atoms. The summed E-state index contributed by atoms with van der Waals surface area (Å²) in [7, 11) is 0. The number of rotatable bonds is 3. The fourth-order valence-corrected chi connectivity index (χ4v) is 1.59. The van der Waals surface area contributed by atoms with Gasteiger partial charge in [0, 0.05) is 18.7 Å². The summed E-state index contributed by atoms with van der Waals surface area (Å²) in [4.78, 5) is 8.16. The molecule has 0 atom stereocenters. The van der Waals surface area contributed by atoms with Crippen molar-refractivity contribution in [2.45, 2.75) is 12.3 Å². The van der Waals surface area contributed by atoms with Crippen LogP contribution in [0.25, 0.3) is 0 Å². The lowest BCUT2D eigenvalue weighted by atomic mass is 10.1. The summed E-state index contributed by atoms with van der Waals surface area (Å²) in [6.45, 7) is 0. The third kappa shape index (κ3) is 2.97. The molecule has 0 aliphatic rings. The fourth-order valence-electron chi connectivity index (χ4n) is 1.44. The van der Waals surface area contributed by atoms with E-state index < -0.39 is 11.6 Å². The van der Waals surface area contributed by atoms with Gasteiger partial charge in [-0.15, -0.1) is 11.6 Å². The first-order chi connectivity index (χ1) is 8.19. The highest BCUT2D eigenvalue weighted by molar-refractivity contribution is 6.16. The first-order valence-corrected chi connectivity index (χ1v) is 5.53. The van der Waals surface area contributed by atoms with E-state index in [-0.39, 0.29) is 12.3 Å². The smallest absolute Gasteiger partial charge is 0.133 e. The molecule has 0 unspecified atom stereocenters. The molecule has 0 N–H and O–H groups in total. The van der Waals surface area contributed by atoms with Crippen LogP contribution in [0.1, 0.15) is 17.1 Å². The summed E-state index contributed by atoms with van der Waals surface area (Å²) in [5, 5.41) is 0. The van der Waals surface area contributed by atoms with E-state index >= 15 is 0 Å². The summed E-state index contributed by atoms with van der Waals surface area (Å²) in [6.07, 6.45) is 1.79. The Hall–Kier alpha value is -1.55. The van der Waals surface area contributed by atoms with E-state index in [0.29, 0.717) is 17.1 Å². The predicted molar refractivity (Wildman–Crippen MR) is 60.8 cm³/mol. The molecule has 88 valence electrons. The standard InChI is InChI=1S/C12H9ClF2N2/c13-7-10-3-4-16-12(17-10)5-8-1-2-9(14)6-11(8)15/h1-4,6H,5,7H2. The van der Waals surface area contributed by atoms with Crippen molar-refractivity contribution in [1.82, 2.24) is 9.97 Å². The first-order valence-electron chi connectivity index (χ1n) is 4.99. The van der Waals surface area contributed by atoms with Crippen LogP contribution in [0.5, 0.6) is 0 Å². The van der Waals surface area contributed by atoms with Gasteiger partial charge in [0.25, 0.3) is 0 Å². The minimum absolute atomic E-state index is 0.219. The Morgan fingerprint density at radius 2 is 2.00 bits per heavy atom. The molecule has 1 heterocycles. The molecule has 0 radical (unpaired) electrons. The van der Waals surface area contributed by atoms with Crippen molar-refractivity contribution in [3.05, 3.63) is 59.2 Å². The summed E-state index contributed by atoms with van der Waals surface area (Å²) in [5.41, 5.74) is 1.04. The van der Waals surface area contributed by atoms with E-state index in [1.807, 2.05) is 0 Å². The third-order valence-corrected chi connectivity index (χ3v) is 2.54. The van der Waals surface area contributed by atoms with Crippen LogP contribution in [-0.2, 0) is 12.3 Å². The Labute approximate surface area is 102 Å². The van der Waals surface area contributed by atoms with Crippen LogP contribution in [0.15, 0.2) is 30.5 Å². The van der Waals surface area contributed by atoms with E-state index in [0.717, 1.165) is 6.07 Å². The quantitative estimate of drug-likeness (QED) is 0.787. The number of benzene rings is 1. The Morgan fingerprint density at radius 3 is 2.71 bits per heavy atom. The number of nitrogens with zero attached hydrogens (tertiary/aromatic N) is 2. The summed E-state index contributed by atoms with van der Waals surface area (Å²) in [6, 6.07) is 5.14. The second kappa shape index (κ2) is 5.19. The second-order valence-electron chi connectivity index (χ2n) is 3.51. The topological polar surface area (TPSA) is 25.8 Å². The normalized spacial score (nSPS) is 10.5. The molecule has 2 aromatic rings. The molecule has 1 aromatic carbocycles. The fraction of sp³-hybridized carbons (Fsp3) is 0.167. The lowest BCUT2D eigenvalue weighted by Crippen LogP contribution is -2.00. The van der Waals surface area contributed by atoms with Crippen LogP contribution in [0, 0.1) is 11.6 Å². The van der Waals surface area contributed by atoms with Crippen molar-refractivity contribution in [3.63, 3.8) is 0 Å². The molecule has 1 aromatic heterocycles. The van der Waals surface area contributed by atoms with E-state index in [1.54, 1.807) is 12.3 Å². The summed E-state index contributed by atoms with van der Waals surface area (Å²) >= 11 is 5.64. The maximum absolute atomic E-state index is 13.4. The maximum atomic E-state index is 13.4. The zero-order valence-corrected chi connectivity index (χ0v) is 9.59. The van der Waals surface area contributed by atoms with Gasteiger partial charge in [0.1, 0.15) is 17.5 Å². The van der Waals surface area contributed by atoms with Crippen LogP contribution in [0.4, 0.5) is 8.78 Å². The third-order valence-electron chi connectivity index (χ3n) is 2.26. The van der Waals surface area contributed by atoms with E-state index in [1.165, 1.54) is 12.1 Å². The predicted octanol–water partition coefficient (Wildman–Crippen LogP) is 3.08. The highest BCUT2D eigenvalue weighted by Crippen LogP contribution is 2.13. The first kappa shape index (κ1) is 11.9. The molecule has 0 saturated heterocycles. The molecule has 0 fully saturated rings. The van der Waals surface area contributed by atoms with Gasteiger partial charge in [0.15, 0.2) is 0 Å². The van der Waals surface area contributed by atoms with Gasteiger partial charge in [-0.25, -0.2) is 18.7 Å². The van der Waals surface area contributed by atoms with Gasteiger partial charge < -0.3 is 0 Å². The van der Waals surface area contributed by atoms with E-state index in [2.05, 4.69) is 9.97 Å². The second-order valence-corrected chi connectivity index (χ2v) is 3.78. The van der Waals surface area contributed by atoms with E-state index in [9.17, 15) is 8.78 Å². The molecule has 2 rings (SSSR count). The average molecular weight is 255 g/mol. The largest absolute Gasteiger partial charge is 0.241 e. The van der Waals surface area contributed by atoms with Gasteiger partial charge in [-0.1, -0.05) is 6.07 Å². The zero-order chi connectivity index (χ0) is 12.3. The van der Waals surface area contributed by atoms with Crippen LogP contribution < -0.4 is 0 Å². The Balaban J connectivity index is 2.25. The number of aromatic nitrogens is 2. The van der Waals surface area contributed by atoms with Gasteiger partial charge in [0.2, 0.25) is 0 Å². The average Bonchev–Trinajstić information content (AvgIpc) is 2.33. The molecule has 5 heteroatoms. The van der Waals surface area contributed by atoms with Crippen LogP contribution in [0.2, 0.25) is 0 Å². The number of hydrogen-bond donors (Lipinski definition) is 0. The Kier molecular flexibility index (Phi) is 3.64. The Bertz CT molecular complexity index is 532. The summed E-state index contributed by atoms with van der Waals surface area (Å²) in [5.74, 6) is -0.443. The van der Waals surface area contributed by atoms with Crippen molar-refractivity contribution in [3.8, 4) is 0 Å². The van der Waals surface area contributed by atoms with E-state index in [4.69, 9.17) is 11.6 Å². The highest BCUT2D eigenvalue weighted by Gasteiger charge is 2.07. The molecule has 0 aliphatic carbocycles. The molecule has 17 heavy (non-hydrogen) atoms. The van der Waals surface area contributed by atoms with Crippen molar-refractivity contribution in [2.24, 2.45) is 0 Å². The van der Waals surface area contributed by atoms with Gasteiger partial charge >= 0.3 is 0 Å². The van der Waals surface area contributed by atoms with Gasteiger partial charge in [0.05, 0.1) is 11.6 Å². The minimum atomic E-state index is -0.596. The molecule has 0 spiro atoms. The van der Waals surface area contributed by atoms with Crippen molar-refractivity contribution in [2.75, 3.05) is 0 Å². The number of alkyl halides is 1. The maximum Gasteiger partial charge on any atom is 0.133 e. The van der Waals surface area contributed by atoms with Crippen molar-refractivity contribution < 1.29 is 8.78 Å². The summed E-state index contributed by atoms with van der Waals surface area (Å²) < 4.78 is 26.1. The Morgan fingerprint density at radius 1 is 1.18 bits per heavy atom.